The van der Waals surface area contributed by atoms with Gasteiger partial charge in [0.15, 0.2) is 6.10 Å². The summed E-state index contributed by atoms with van der Waals surface area (Å²) in [7, 11) is 5.96. The average molecular weight is 1000 g/mol. The monoisotopic (exact) mass is 1000 g/mol. The number of quaternary nitrogens is 1. The Morgan fingerprint density at radius 3 is 1.18 bits per heavy atom. The molecule has 0 radical (unpaired) electrons. The van der Waals surface area contributed by atoms with Crippen LogP contribution in [-0.2, 0) is 33.3 Å². The van der Waals surface area contributed by atoms with E-state index in [0.717, 1.165) is 64.2 Å². The van der Waals surface area contributed by atoms with Crippen LogP contribution in [0.5, 0.6) is 0 Å². The summed E-state index contributed by atoms with van der Waals surface area (Å²) >= 11 is 0. The van der Waals surface area contributed by atoms with Gasteiger partial charge in [-0.15, -0.1) is 0 Å². The molecule has 416 valence electrons. The van der Waals surface area contributed by atoms with E-state index in [1.165, 1.54) is 186 Å². The number of esters is 2. The Morgan fingerprint density at radius 2 is 0.789 bits per heavy atom. The first-order chi connectivity index (χ1) is 34.6. The first-order valence-corrected chi connectivity index (χ1v) is 30.2. The summed E-state index contributed by atoms with van der Waals surface area (Å²) < 4.78 is 22.8. The van der Waals surface area contributed by atoms with Crippen LogP contribution >= 0.6 is 0 Å². The van der Waals surface area contributed by atoms with Gasteiger partial charge < -0.3 is 28.5 Å². The molecule has 0 aromatic carbocycles. The highest BCUT2D eigenvalue weighted by Crippen LogP contribution is 2.17. The molecule has 0 amide bonds. The molecule has 0 fully saturated rings. The molecular formula is C62H116NO8+. The van der Waals surface area contributed by atoms with Crippen LogP contribution < -0.4 is 0 Å². The highest BCUT2D eigenvalue weighted by Gasteiger charge is 2.25. The van der Waals surface area contributed by atoms with Gasteiger partial charge in [-0.05, 0) is 64.2 Å². The highest BCUT2D eigenvalue weighted by molar-refractivity contribution is 5.71. The molecular weight excluding hydrogens is 887 g/mol. The third kappa shape index (κ3) is 55.1. The lowest BCUT2D eigenvalue weighted by atomic mass is 10.0. The first-order valence-electron chi connectivity index (χ1n) is 30.2. The highest BCUT2D eigenvalue weighted by atomic mass is 16.7. The molecule has 0 bridgehead atoms. The van der Waals surface area contributed by atoms with E-state index in [1.807, 2.05) is 21.1 Å². The fourth-order valence-corrected chi connectivity index (χ4v) is 8.70. The lowest BCUT2D eigenvalue weighted by molar-refractivity contribution is -0.870. The van der Waals surface area contributed by atoms with Gasteiger partial charge in [0.2, 0.25) is 0 Å². The zero-order chi connectivity index (χ0) is 52.0. The van der Waals surface area contributed by atoms with Crippen LogP contribution in [0.15, 0.2) is 36.5 Å². The predicted molar refractivity (Wildman–Crippen MR) is 300 cm³/mol. The maximum Gasteiger partial charge on any atom is 0.361 e. The van der Waals surface area contributed by atoms with Crippen LogP contribution in [0.4, 0.5) is 0 Å². The van der Waals surface area contributed by atoms with Crippen molar-refractivity contribution in [1.82, 2.24) is 0 Å². The molecule has 0 aliphatic heterocycles. The summed E-state index contributed by atoms with van der Waals surface area (Å²) in [4.78, 5) is 37.3. The summed E-state index contributed by atoms with van der Waals surface area (Å²) in [5.41, 5.74) is 0. The summed E-state index contributed by atoms with van der Waals surface area (Å²) in [5.74, 6) is -2.01. The van der Waals surface area contributed by atoms with Gasteiger partial charge in [-0.1, -0.05) is 243 Å². The van der Waals surface area contributed by atoms with Gasteiger partial charge in [0.25, 0.3) is 6.29 Å². The smallest absolute Gasteiger partial charge is 0.361 e. The number of carbonyl (C=O) groups is 3. The van der Waals surface area contributed by atoms with Crippen LogP contribution in [0.3, 0.4) is 0 Å². The second kappa shape index (κ2) is 53.8. The molecule has 1 N–H and O–H groups in total. The summed E-state index contributed by atoms with van der Waals surface area (Å²) in [6.45, 7) is 4.82. The van der Waals surface area contributed by atoms with Crippen molar-refractivity contribution >= 4 is 17.9 Å². The Bertz CT molecular complexity index is 1260. The number of carboxylic acid groups (broad SMARTS) is 1. The maximum atomic E-state index is 12.8. The van der Waals surface area contributed by atoms with Gasteiger partial charge in [-0.2, -0.15) is 0 Å². The third-order valence-electron chi connectivity index (χ3n) is 13.4. The number of carbonyl (C=O) groups excluding carboxylic acids is 2. The molecule has 0 aliphatic carbocycles. The molecule has 2 atom stereocenters. The van der Waals surface area contributed by atoms with E-state index >= 15 is 0 Å². The molecule has 9 heteroatoms. The van der Waals surface area contributed by atoms with Crippen LogP contribution in [0.2, 0.25) is 0 Å². The summed E-state index contributed by atoms with van der Waals surface area (Å²) in [6, 6.07) is 0. The van der Waals surface area contributed by atoms with E-state index in [9.17, 15) is 19.5 Å². The zero-order valence-electron chi connectivity index (χ0n) is 47.4. The van der Waals surface area contributed by atoms with Gasteiger partial charge in [0, 0.05) is 12.8 Å². The Morgan fingerprint density at radius 1 is 0.423 bits per heavy atom. The summed E-state index contributed by atoms with van der Waals surface area (Å²) in [5, 5.41) is 9.68. The van der Waals surface area contributed by atoms with Crippen LogP contribution in [0, 0.1) is 0 Å². The van der Waals surface area contributed by atoms with Gasteiger partial charge in [0.05, 0.1) is 34.4 Å². The maximum absolute atomic E-state index is 12.8. The Kier molecular flexibility index (Phi) is 51.9. The number of allylic oxidation sites excluding steroid dienone is 6. The van der Waals surface area contributed by atoms with E-state index in [2.05, 4.69) is 50.3 Å². The topological polar surface area (TPSA) is 108 Å². The van der Waals surface area contributed by atoms with Crippen molar-refractivity contribution in [3.8, 4) is 0 Å². The molecule has 0 aromatic heterocycles. The fraction of sp³-hybridized carbons (Fsp3) is 0.855. The first kappa shape index (κ1) is 68.5. The van der Waals surface area contributed by atoms with E-state index in [0.29, 0.717) is 23.9 Å². The summed E-state index contributed by atoms with van der Waals surface area (Å²) in [6.07, 6.45) is 62.6. The minimum atomic E-state index is -1.51. The van der Waals surface area contributed by atoms with Crippen LogP contribution in [-0.4, -0.2) is 87.4 Å². The number of likely N-dealkylation sites (N-methyl/N-ethyl adjacent to an activating group) is 1. The largest absolute Gasteiger partial charge is 0.477 e. The standard InChI is InChI=1S/C62H115NO8/c1-6-8-10-12-14-16-18-20-21-22-23-24-25-26-27-28-29-30-31-32-33-34-35-36-37-38-39-41-42-44-46-48-50-52-59(64)69-56-58(57-70-62(61(66)67)68-55-54-63(3,4)5)71-60(65)53-51-49-47-45-43-40-19-17-15-13-11-9-7-2/h11,13,17,19,22-23,58,62H,6-10,12,14-16,18,20-21,24-57H2,1-5H3/p+1/b13-11-,19-17-,23-22-. The zero-order valence-corrected chi connectivity index (χ0v) is 47.4. The molecule has 0 saturated heterocycles. The third-order valence-corrected chi connectivity index (χ3v) is 13.4. The second-order valence-corrected chi connectivity index (χ2v) is 21.7. The van der Waals surface area contributed by atoms with Crippen molar-refractivity contribution < 1.29 is 42.9 Å². The minimum Gasteiger partial charge on any atom is -0.477 e. The number of unbranched alkanes of at least 4 members (excludes halogenated alkanes) is 35. The molecule has 0 aromatic rings. The van der Waals surface area contributed by atoms with Crippen molar-refractivity contribution in [2.45, 2.75) is 296 Å². The lowest BCUT2D eigenvalue weighted by Crippen LogP contribution is -2.40. The molecule has 0 saturated carbocycles. The second-order valence-electron chi connectivity index (χ2n) is 21.7. The predicted octanol–water partition coefficient (Wildman–Crippen LogP) is 17.7. The lowest BCUT2D eigenvalue weighted by Gasteiger charge is -2.25. The number of rotatable bonds is 56. The molecule has 0 rings (SSSR count). The number of hydrogen-bond donors (Lipinski definition) is 1. The van der Waals surface area contributed by atoms with Gasteiger partial charge in [-0.3, -0.25) is 9.59 Å². The number of nitrogens with zero attached hydrogens (tertiary/aromatic N) is 1. The molecule has 0 heterocycles. The van der Waals surface area contributed by atoms with Crippen LogP contribution in [0.1, 0.15) is 284 Å². The number of hydrogen-bond acceptors (Lipinski definition) is 7. The van der Waals surface area contributed by atoms with E-state index < -0.39 is 24.3 Å². The van der Waals surface area contributed by atoms with Gasteiger partial charge in [0.1, 0.15) is 13.2 Å². The molecule has 0 spiro atoms. The SMILES string of the molecule is CCC/C=C\C/C=C\CCCCCCCC(=O)OC(COC(=O)CCCCCCCCCCCCCCCCCCCCCCC/C=C\CCCCCCCCCC)COC(OCC[N+](C)(C)C)C(=O)O. The number of ether oxygens (including phenoxy) is 4. The van der Waals surface area contributed by atoms with Crippen molar-refractivity contribution in [2.24, 2.45) is 0 Å². The average Bonchev–Trinajstić information content (AvgIpc) is 3.34. The molecule has 9 nitrogen and oxygen atoms in total. The van der Waals surface area contributed by atoms with Crippen molar-refractivity contribution in [2.75, 3.05) is 47.5 Å². The molecule has 71 heavy (non-hydrogen) atoms. The number of aliphatic carboxylic acids is 1. The van der Waals surface area contributed by atoms with E-state index in [4.69, 9.17) is 18.9 Å². The van der Waals surface area contributed by atoms with Gasteiger partial charge in [-0.25, -0.2) is 4.79 Å². The van der Waals surface area contributed by atoms with Crippen molar-refractivity contribution in [1.29, 1.82) is 0 Å². The molecule has 0 aliphatic rings. The van der Waals surface area contributed by atoms with Gasteiger partial charge >= 0.3 is 17.9 Å². The minimum absolute atomic E-state index is 0.185. The van der Waals surface area contributed by atoms with Crippen molar-refractivity contribution in [3.63, 3.8) is 0 Å². The Labute approximate surface area is 439 Å². The Hall–Kier alpha value is -2.49. The fourth-order valence-electron chi connectivity index (χ4n) is 8.70. The normalized spacial score (nSPS) is 13.0. The van der Waals surface area contributed by atoms with E-state index in [1.54, 1.807) is 0 Å². The Balaban J connectivity index is 4.00. The van der Waals surface area contributed by atoms with Crippen LogP contribution in [0.25, 0.3) is 0 Å². The number of carboxylic acids is 1. The van der Waals surface area contributed by atoms with E-state index in [-0.39, 0.29) is 32.2 Å². The quantitative estimate of drug-likeness (QED) is 0.0211. The molecule has 2 unspecified atom stereocenters. The van der Waals surface area contributed by atoms with Crippen molar-refractivity contribution in [3.05, 3.63) is 36.5 Å².